The first-order valence-corrected chi connectivity index (χ1v) is 2.96. The normalized spacial score (nSPS) is 18.3. The van der Waals surface area contributed by atoms with Gasteiger partial charge in [0.1, 0.15) is 7.28 Å². The molecule has 0 saturated carbocycles. The van der Waals surface area contributed by atoms with Crippen molar-refractivity contribution in [2.75, 3.05) is 0 Å². The minimum Gasteiger partial charge on any atom is -0.112 e. The van der Waals surface area contributed by atoms with E-state index in [1.807, 2.05) is 0 Å². The average molecular weight is 92.0 g/mol. The molecule has 1 heteroatoms. The molecule has 0 aromatic rings. The molecule has 0 saturated heterocycles. The Balaban J connectivity index is 2.26. The van der Waals surface area contributed by atoms with Crippen LogP contribution in [0.2, 0.25) is 12.6 Å². The minimum atomic E-state index is 1.14. The van der Waals surface area contributed by atoms with Gasteiger partial charge in [-0.05, 0) is 12.7 Å². The second-order valence-electron chi connectivity index (χ2n) is 1.91. The van der Waals surface area contributed by atoms with E-state index in [2.05, 4.69) is 11.8 Å². The van der Waals surface area contributed by atoms with Crippen LogP contribution in [0.25, 0.3) is 0 Å². The van der Waals surface area contributed by atoms with Crippen molar-refractivity contribution < 1.29 is 0 Å². The lowest BCUT2D eigenvalue weighted by Gasteiger charge is -1.83. The van der Waals surface area contributed by atoms with Gasteiger partial charge in [-0.2, -0.15) is 0 Å². The molecule has 1 heterocycles. The highest BCUT2D eigenvalue weighted by Crippen LogP contribution is 1.98. The standard InChI is InChI=1S/C6H9B/c1-2-4-6-7-5-3-1/h7H,1,3,5-6H2. The van der Waals surface area contributed by atoms with Gasteiger partial charge < -0.3 is 0 Å². The molecule has 0 aromatic carbocycles. The largest absolute Gasteiger partial charge is 0.135 e. The van der Waals surface area contributed by atoms with E-state index in [-0.39, 0.29) is 0 Å². The van der Waals surface area contributed by atoms with Gasteiger partial charge in [0.2, 0.25) is 0 Å². The third kappa shape index (κ3) is 1.68. The van der Waals surface area contributed by atoms with Gasteiger partial charge in [0, 0.05) is 6.42 Å². The molecule has 1 aliphatic rings. The Bertz CT molecular complexity index is 86.5. The maximum atomic E-state index is 3.10. The van der Waals surface area contributed by atoms with Crippen LogP contribution in [0.15, 0.2) is 0 Å². The molecule has 0 amide bonds. The summed E-state index contributed by atoms with van der Waals surface area (Å²) in [6.45, 7) is 0. The highest BCUT2D eigenvalue weighted by Gasteiger charge is 1.90. The summed E-state index contributed by atoms with van der Waals surface area (Å²) in [5, 5.41) is 0. The zero-order valence-electron chi connectivity index (χ0n) is 4.54. The minimum absolute atomic E-state index is 1.14. The zero-order chi connectivity index (χ0) is 4.95. The van der Waals surface area contributed by atoms with Gasteiger partial charge in [0.15, 0.2) is 0 Å². The first-order chi connectivity index (χ1) is 3.50. The molecule has 0 fully saturated rings. The van der Waals surface area contributed by atoms with Crippen LogP contribution >= 0.6 is 0 Å². The van der Waals surface area contributed by atoms with Gasteiger partial charge in [-0.3, -0.25) is 0 Å². The molecule has 0 aromatic heterocycles. The highest BCUT2D eigenvalue weighted by molar-refractivity contribution is 6.36. The molecule has 0 N–H and O–H groups in total. The topological polar surface area (TPSA) is 0 Å². The fraction of sp³-hybridized carbons (Fsp3) is 0.667. The predicted molar refractivity (Wildman–Crippen MR) is 33.8 cm³/mol. The van der Waals surface area contributed by atoms with Crippen molar-refractivity contribution in [2.24, 2.45) is 0 Å². The van der Waals surface area contributed by atoms with Crippen molar-refractivity contribution in [2.45, 2.75) is 25.5 Å². The Labute approximate surface area is 45.5 Å². The number of rotatable bonds is 0. The van der Waals surface area contributed by atoms with Gasteiger partial charge in [0.25, 0.3) is 0 Å². The predicted octanol–water partition coefficient (Wildman–Crippen LogP) is 1.06. The molecule has 36 valence electrons. The summed E-state index contributed by atoms with van der Waals surface area (Å²) >= 11 is 0. The summed E-state index contributed by atoms with van der Waals surface area (Å²) in [4.78, 5) is 0. The van der Waals surface area contributed by atoms with Crippen LogP contribution in [-0.2, 0) is 0 Å². The first-order valence-electron chi connectivity index (χ1n) is 2.96. The van der Waals surface area contributed by atoms with E-state index in [1.165, 1.54) is 20.0 Å². The Morgan fingerprint density at radius 2 is 2.29 bits per heavy atom. The molecule has 7 heavy (non-hydrogen) atoms. The summed E-state index contributed by atoms with van der Waals surface area (Å²) in [7, 11) is 1.33. The molecular formula is C6H9B. The molecule has 0 atom stereocenters. The molecule has 1 rings (SSSR count). The van der Waals surface area contributed by atoms with Gasteiger partial charge in [0.05, 0.1) is 0 Å². The quantitative estimate of drug-likeness (QED) is 0.309. The van der Waals surface area contributed by atoms with E-state index >= 15 is 0 Å². The van der Waals surface area contributed by atoms with Gasteiger partial charge in [-0.25, -0.2) is 0 Å². The summed E-state index contributed by atoms with van der Waals surface area (Å²) in [5.74, 6) is 6.19. The van der Waals surface area contributed by atoms with Crippen molar-refractivity contribution in [3.05, 3.63) is 0 Å². The second kappa shape index (κ2) is 2.74. The van der Waals surface area contributed by atoms with Crippen LogP contribution < -0.4 is 0 Å². The smallest absolute Gasteiger partial charge is 0.112 e. The number of hydrogen-bond acceptors (Lipinski definition) is 0. The third-order valence-electron chi connectivity index (χ3n) is 1.23. The Morgan fingerprint density at radius 1 is 1.29 bits per heavy atom. The van der Waals surface area contributed by atoms with E-state index < -0.39 is 0 Å². The van der Waals surface area contributed by atoms with Gasteiger partial charge in [-0.15, -0.1) is 11.8 Å². The van der Waals surface area contributed by atoms with E-state index in [9.17, 15) is 0 Å². The molecule has 0 aliphatic carbocycles. The Hall–Kier alpha value is -0.375. The lowest BCUT2D eigenvalue weighted by molar-refractivity contribution is 0.978. The first kappa shape index (κ1) is 4.78. The van der Waals surface area contributed by atoms with Crippen LogP contribution in [0.5, 0.6) is 0 Å². The van der Waals surface area contributed by atoms with E-state index in [1.54, 1.807) is 0 Å². The molecule has 0 unspecified atom stereocenters. The second-order valence-corrected chi connectivity index (χ2v) is 1.91. The van der Waals surface area contributed by atoms with Crippen molar-refractivity contribution in [1.82, 2.24) is 0 Å². The zero-order valence-corrected chi connectivity index (χ0v) is 4.54. The molecule has 0 nitrogen and oxygen atoms in total. The summed E-state index contributed by atoms with van der Waals surface area (Å²) in [6, 6.07) is 0. The lowest BCUT2D eigenvalue weighted by Crippen LogP contribution is -1.81. The highest BCUT2D eigenvalue weighted by atomic mass is 13.8. The molecule has 1 aliphatic heterocycles. The van der Waals surface area contributed by atoms with Gasteiger partial charge >= 0.3 is 0 Å². The maximum absolute atomic E-state index is 3.10. The van der Waals surface area contributed by atoms with Crippen LogP contribution in [0, 0.1) is 11.8 Å². The monoisotopic (exact) mass is 92.1 g/mol. The van der Waals surface area contributed by atoms with Crippen molar-refractivity contribution in [3.8, 4) is 11.8 Å². The Morgan fingerprint density at radius 3 is 3.29 bits per heavy atom. The van der Waals surface area contributed by atoms with Crippen LogP contribution in [0.3, 0.4) is 0 Å². The third-order valence-corrected chi connectivity index (χ3v) is 1.23. The van der Waals surface area contributed by atoms with E-state index in [0.717, 1.165) is 12.7 Å². The summed E-state index contributed by atoms with van der Waals surface area (Å²) in [6.07, 6.45) is 4.98. The molecule has 0 bridgehead atoms. The molecule has 0 radical (unpaired) electrons. The summed E-state index contributed by atoms with van der Waals surface area (Å²) < 4.78 is 0. The van der Waals surface area contributed by atoms with Gasteiger partial charge in [-0.1, -0.05) is 6.32 Å². The van der Waals surface area contributed by atoms with Crippen molar-refractivity contribution in [3.63, 3.8) is 0 Å². The van der Waals surface area contributed by atoms with E-state index in [4.69, 9.17) is 0 Å². The van der Waals surface area contributed by atoms with Crippen molar-refractivity contribution >= 4 is 7.28 Å². The maximum Gasteiger partial charge on any atom is 0.135 e. The van der Waals surface area contributed by atoms with Crippen LogP contribution in [0.4, 0.5) is 0 Å². The number of hydrogen-bond donors (Lipinski definition) is 0. The fourth-order valence-electron chi connectivity index (χ4n) is 0.780. The average Bonchev–Trinajstić information content (AvgIpc) is 1.90. The summed E-state index contributed by atoms with van der Waals surface area (Å²) in [5.41, 5.74) is 0. The van der Waals surface area contributed by atoms with Crippen molar-refractivity contribution in [1.29, 1.82) is 0 Å². The van der Waals surface area contributed by atoms with E-state index in [0.29, 0.717) is 0 Å². The van der Waals surface area contributed by atoms with Crippen LogP contribution in [-0.4, -0.2) is 7.28 Å². The Kier molecular flexibility index (Phi) is 1.87. The molecular weight excluding hydrogens is 82.9 g/mol. The lowest BCUT2D eigenvalue weighted by atomic mass is 9.71. The molecule has 0 spiro atoms. The van der Waals surface area contributed by atoms with Crippen LogP contribution in [0.1, 0.15) is 12.8 Å². The SMILES string of the molecule is B1CC#CCCC1. The fourth-order valence-corrected chi connectivity index (χ4v) is 0.780.